The Morgan fingerprint density at radius 1 is 1.05 bits per heavy atom. The van der Waals surface area contributed by atoms with Crippen molar-refractivity contribution in [3.8, 4) is 17.6 Å². The van der Waals surface area contributed by atoms with Crippen molar-refractivity contribution in [3.05, 3.63) is 66.2 Å². The second-order valence-corrected chi connectivity index (χ2v) is 4.06. The van der Waals surface area contributed by atoms with Crippen LogP contribution in [0.5, 0.6) is 5.75 Å². The Kier molecular flexibility index (Phi) is 2.91. The number of imidazole rings is 1. The lowest BCUT2D eigenvalue weighted by Gasteiger charge is -1.97. The Morgan fingerprint density at radius 3 is 2.68 bits per heavy atom. The van der Waals surface area contributed by atoms with Crippen LogP contribution in [0.15, 0.2) is 54.9 Å². The van der Waals surface area contributed by atoms with Crippen LogP contribution in [-0.4, -0.2) is 16.5 Å². The molecule has 0 radical (unpaired) electrons. The standard InChI is InChI=1S/C16H12N2O/c1-19-15-8-5-13(6-9-15)7-10-16-17-12-14-4-2-3-11-18(14)16/h2-6,8-9,11-12H,1H3. The third-order valence-corrected chi connectivity index (χ3v) is 2.85. The Morgan fingerprint density at radius 2 is 1.89 bits per heavy atom. The number of aromatic nitrogens is 2. The molecule has 3 rings (SSSR count). The predicted octanol–water partition coefficient (Wildman–Crippen LogP) is 2.74. The number of rotatable bonds is 1. The van der Waals surface area contributed by atoms with Gasteiger partial charge in [-0.2, -0.15) is 0 Å². The van der Waals surface area contributed by atoms with Gasteiger partial charge in [-0.15, -0.1) is 0 Å². The van der Waals surface area contributed by atoms with Gasteiger partial charge in [-0.3, -0.25) is 4.40 Å². The van der Waals surface area contributed by atoms with E-state index in [9.17, 15) is 0 Å². The minimum atomic E-state index is 0.742. The summed E-state index contributed by atoms with van der Waals surface area (Å²) < 4.78 is 7.08. The molecule has 1 aromatic carbocycles. The first-order chi connectivity index (χ1) is 9.36. The molecule has 0 atom stereocenters. The molecule has 0 amide bonds. The van der Waals surface area contributed by atoms with E-state index in [1.54, 1.807) is 7.11 Å². The van der Waals surface area contributed by atoms with Gasteiger partial charge in [0.05, 0.1) is 18.8 Å². The number of fused-ring (bicyclic) bond motifs is 1. The number of pyridine rings is 1. The van der Waals surface area contributed by atoms with E-state index in [0.29, 0.717) is 0 Å². The molecular weight excluding hydrogens is 236 g/mol. The lowest BCUT2D eigenvalue weighted by Crippen LogP contribution is -1.87. The Balaban J connectivity index is 1.94. The monoisotopic (exact) mass is 248 g/mol. The molecule has 0 saturated carbocycles. The highest BCUT2D eigenvalue weighted by Crippen LogP contribution is 2.10. The van der Waals surface area contributed by atoms with Gasteiger partial charge >= 0.3 is 0 Å². The van der Waals surface area contributed by atoms with Gasteiger partial charge in [0.1, 0.15) is 5.75 Å². The topological polar surface area (TPSA) is 26.5 Å². The smallest absolute Gasteiger partial charge is 0.190 e. The molecule has 3 aromatic rings. The maximum atomic E-state index is 5.11. The Bertz CT molecular complexity index is 761. The van der Waals surface area contributed by atoms with Gasteiger partial charge in [0.25, 0.3) is 0 Å². The molecule has 19 heavy (non-hydrogen) atoms. The van der Waals surface area contributed by atoms with Crippen LogP contribution in [0, 0.1) is 11.8 Å². The fourth-order valence-electron chi connectivity index (χ4n) is 1.84. The van der Waals surface area contributed by atoms with Gasteiger partial charge in [-0.05, 0) is 42.3 Å². The van der Waals surface area contributed by atoms with Crippen LogP contribution >= 0.6 is 0 Å². The zero-order valence-corrected chi connectivity index (χ0v) is 10.5. The summed E-state index contributed by atoms with van der Waals surface area (Å²) in [5, 5.41) is 0. The average Bonchev–Trinajstić information content (AvgIpc) is 2.89. The van der Waals surface area contributed by atoms with Gasteiger partial charge in [0.15, 0.2) is 5.82 Å². The number of nitrogens with zero attached hydrogens (tertiary/aromatic N) is 2. The summed E-state index contributed by atoms with van der Waals surface area (Å²) in [6, 6.07) is 13.6. The largest absolute Gasteiger partial charge is 0.497 e. The third-order valence-electron chi connectivity index (χ3n) is 2.85. The number of ether oxygens (including phenoxy) is 1. The molecule has 0 aliphatic heterocycles. The predicted molar refractivity (Wildman–Crippen MR) is 74.2 cm³/mol. The molecule has 0 saturated heterocycles. The number of hydrogen-bond acceptors (Lipinski definition) is 2. The molecule has 3 heteroatoms. The molecule has 0 N–H and O–H groups in total. The summed E-state index contributed by atoms with van der Waals surface area (Å²) in [4.78, 5) is 4.31. The molecule has 0 fully saturated rings. The van der Waals surface area contributed by atoms with Gasteiger partial charge in [-0.25, -0.2) is 4.98 Å². The van der Waals surface area contributed by atoms with Crippen LogP contribution in [-0.2, 0) is 0 Å². The van der Waals surface area contributed by atoms with Gasteiger partial charge < -0.3 is 4.74 Å². The second kappa shape index (κ2) is 4.87. The van der Waals surface area contributed by atoms with Gasteiger partial charge in [0.2, 0.25) is 0 Å². The van der Waals surface area contributed by atoms with Crippen molar-refractivity contribution in [3.63, 3.8) is 0 Å². The summed E-state index contributed by atoms with van der Waals surface area (Å²) in [7, 11) is 1.65. The highest BCUT2D eigenvalue weighted by Gasteiger charge is 1.98. The molecule has 3 nitrogen and oxygen atoms in total. The van der Waals surface area contributed by atoms with Crippen LogP contribution < -0.4 is 4.74 Å². The third kappa shape index (κ3) is 2.29. The molecule has 2 aromatic heterocycles. The first-order valence-electron chi connectivity index (χ1n) is 5.95. The van der Waals surface area contributed by atoms with E-state index < -0.39 is 0 Å². The molecular formula is C16H12N2O. The fourth-order valence-corrected chi connectivity index (χ4v) is 1.84. The maximum Gasteiger partial charge on any atom is 0.190 e. The van der Waals surface area contributed by atoms with E-state index in [0.717, 1.165) is 22.7 Å². The van der Waals surface area contributed by atoms with Crippen molar-refractivity contribution in [2.45, 2.75) is 0 Å². The van der Waals surface area contributed by atoms with Crippen LogP contribution in [0.1, 0.15) is 11.4 Å². The second-order valence-electron chi connectivity index (χ2n) is 4.06. The van der Waals surface area contributed by atoms with Crippen molar-refractivity contribution in [1.82, 2.24) is 9.38 Å². The zero-order valence-electron chi connectivity index (χ0n) is 10.5. The van der Waals surface area contributed by atoms with E-state index in [-0.39, 0.29) is 0 Å². The van der Waals surface area contributed by atoms with E-state index in [1.165, 1.54) is 0 Å². The quantitative estimate of drug-likeness (QED) is 0.619. The molecule has 0 aliphatic carbocycles. The first kappa shape index (κ1) is 11.4. The van der Waals surface area contributed by atoms with Gasteiger partial charge in [-0.1, -0.05) is 12.0 Å². The number of methoxy groups -OCH3 is 1. The minimum Gasteiger partial charge on any atom is -0.497 e. The highest BCUT2D eigenvalue weighted by atomic mass is 16.5. The number of hydrogen-bond donors (Lipinski definition) is 0. The normalized spacial score (nSPS) is 9.95. The fraction of sp³-hybridized carbons (Fsp3) is 0.0625. The molecule has 0 aliphatic rings. The summed E-state index contributed by atoms with van der Waals surface area (Å²) in [5.41, 5.74) is 1.98. The van der Waals surface area contributed by atoms with E-state index in [2.05, 4.69) is 16.8 Å². The van der Waals surface area contributed by atoms with Gasteiger partial charge in [0, 0.05) is 11.8 Å². The maximum absolute atomic E-state index is 5.11. The van der Waals surface area contributed by atoms with Crippen LogP contribution in [0.4, 0.5) is 0 Å². The van der Waals surface area contributed by atoms with Crippen molar-refractivity contribution in [1.29, 1.82) is 0 Å². The minimum absolute atomic E-state index is 0.742. The molecule has 92 valence electrons. The average molecular weight is 248 g/mol. The lowest BCUT2D eigenvalue weighted by molar-refractivity contribution is 0.415. The number of benzene rings is 1. The molecule has 0 spiro atoms. The highest BCUT2D eigenvalue weighted by molar-refractivity contribution is 5.49. The van der Waals surface area contributed by atoms with Crippen LogP contribution in [0.2, 0.25) is 0 Å². The molecule has 0 unspecified atom stereocenters. The summed E-state index contributed by atoms with van der Waals surface area (Å²) >= 11 is 0. The van der Waals surface area contributed by atoms with E-state index in [4.69, 9.17) is 4.74 Å². The first-order valence-corrected chi connectivity index (χ1v) is 5.95. The van der Waals surface area contributed by atoms with Crippen molar-refractivity contribution < 1.29 is 4.74 Å². The van der Waals surface area contributed by atoms with Crippen LogP contribution in [0.3, 0.4) is 0 Å². The lowest BCUT2D eigenvalue weighted by atomic mass is 10.2. The summed E-state index contributed by atoms with van der Waals surface area (Å²) in [6.07, 6.45) is 3.78. The van der Waals surface area contributed by atoms with E-state index >= 15 is 0 Å². The van der Waals surface area contributed by atoms with Crippen molar-refractivity contribution in [2.75, 3.05) is 7.11 Å². The Labute approximate surface area is 111 Å². The molecule has 0 bridgehead atoms. The zero-order chi connectivity index (χ0) is 13.1. The van der Waals surface area contributed by atoms with Crippen molar-refractivity contribution in [2.24, 2.45) is 0 Å². The molecule has 2 heterocycles. The van der Waals surface area contributed by atoms with Crippen molar-refractivity contribution >= 4 is 5.52 Å². The summed E-state index contributed by atoms with van der Waals surface area (Å²) in [5.74, 6) is 7.76. The van der Waals surface area contributed by atoms with Crippen LogP contribution in [0.25, 0.3) is 5.52 Å². The summed E-state index contributed by atoms with van der Waals surface area (Å²) in [6.45, 7) is 0. The van der Waals surface area contributed by atoms with E-state index in [1.807, 2.05) is 59.3 Å². The Hall–Kier alpha value is -2.73. The SMILES string of the molecule is COc1ccc(C#Cc2ncc3ccccn23)cc1.